The summed E-state index contributed by atoms with van der Waals surface area (Å²) in [4.78, 5) is 14.0. The van der Waals surface area contributed by atoms with Gasteiger partial charge in [-0.2, -0.15) is 0 Å². The Morgan fingerprint density at radius 3 is 2.91 bits per heavy atom. The summed E-state index contributed by atoms with van der Waals surface area (Å²) in [6, 6.07) is 10.5. The number of hydrogen-bond acceptors (Lipinski definition) is 3. The first-order valence-corrected chi connectivity index (χ1v) is 7.15. The number of ether oxygens (including phenoxy) is 1. The fraction of sp³-hybridized carbons (Fsp3) is 0.235. The van der Waals surface area contributed by atoms with E-state index in [9.17, 15) is 4.79 Å². The molecule has 0 saturated carbocycles. The minimum Gasteiger partial charge on any atom is -0.481 e. The van der Waals surface area contributed by atoms with E-state index >= 15 is 0 Å². The molecular formula is C17H16ClNO3. The zero-order valence-electron chi connectivity index (χ0n) is 12.2. The Labute approximate surface area is 134 Å². The second-order valence-electron chi connectivity index (χ2n) is 4.70. The summed E-state index contributed by atoms with van der Waals surface area (Å²) in [5, 5.41) is 0.549. The molecule has 1 heterocycles. The summed E-state index contributed by atoms with van der Waals surface area (Å²) in [6.45, 7) is 2.16. The molecule has 0 aliphatic rings. The number of nitrogens with zero attached hydrogens (tertiary/aromatic N) is 1. The van der Waals surface area contributed by atoms with E-state index in [0.29, 0.717) is 23.1 Å². The van der Waals surface area contributed by atoms with Gasteiger partial charge in [0.2, 0.25) is 0 Å². The molecule has 0 fully saturated rings. The van der Waals surface area contributed by atoms with Gasteiger partial charge in [0.15, 0.2) is 6.10 Å². The van der Waals surface area contributed by atoms with Crippen molar-refractivity contribution in [1.82, 2.24) is 4.90 Å². The largest absolute Gasteiger partial charge is 0.481 e. The van der Waals surface area contributed by atoms with Crippen molar-refractivity contribution < 1.29 is 13.9 Å². The van der Waals surface area contributed by atoms with Gasteiger partial charge < -0.3 is 14.1 Å². The van der Waals surface area contributed by atoms with Gasteiger partial charge in [0.1, 0.15) is 11.5 Å². The Morgan fingerprint density at radius 2 is 2.27 bits per heavy atom. The van der Waals surface area contributed by atoms with Crippen LogP contribution in [0, 0.1) is 12.3 Å². The Balaban J connectivity index is 2.04. The van der Waals surface area contributed by atoms with Gasteiger partial charge in [-0.1, -0.05) is 23.6 Å². The van der Waals surface area contributed by atoms with Crippen molar-refractivity contribution >= 4 is 17.5 Å². The van der Waals surface area contributed by atoms with Crippen molar-refractivity contribution in [3.63, 3.8) is 0 Å². The number of carbonyl (C=O) groups is 1. The minimum atomic E-state index is -0.679. The molecule has 0 aliphatic carbocycles. The van der Waals surface area contributed by atoms with Crippen LogP contribution in [-0.2, 0) is 11.3 Å². The molecule has 2 aromatic rings. The van der Waals surface area contributed by atoms with E-state index in [-0.39, 0.29) is 12.5 Å². The number of amides is 1. The fourth-order valence-corrected chi connectivity index (χ4v) is 2.14. The molecular weight excluding hydrogens is 302 g/mol. The van der Waals surface area contributed by atoms with Gasteiger partial charge in [-0.05, 0) is 37.3 Å². The van der Waals surface area contributed by atoms with E-state index in [2.05, 4.69) is 5.92 Å². The molecule has 4 nitrogen and oxygen atoms in total. The summed E-state index contributed by atoms with van der Waals surface area (Å²) in [6.07, 6.45) is 6.21. The number of rotatable bonds is 6. The molecule has 2 rings (SSSR count). The summed E-state index contributed by atoms with van der Waals surface area (Å²) < 4.78 is 10.9. The van der Waals surface area contributed by atoms with E-state index in [0.717, 1.165) is 0 Å². The average Bonchev–Trinajstić information content (AvgIpc) is 2.99. The van der Waals surface area contributed by atoms with Crippen molar-refractivity contribution in [3.8, 4) is 18.1 Å². The minimum absolute atomic E-state index is 0.183. The standard InChI is InChI=1S/C17H16ClNO3/c1-3-9-19(12-16-8-5-10-21-16)17(20)13(2)22-15-7-4-6-14(18)11-15/h1,4-8,10-11,13H,9,12H2,2H3/t13-/m1/s1. The van der Waals surface area contributed by atoms with Gasteiger partial charge >= 0.3 is 0 Å². The van der Waals surface area contributed by atoms with Crippen LogP contribution in [0.1, 0.15) is 12.7 Å². The predicted octanol–water partition coefficient (Wildman–Crippen LogP) is 3.36. The van der Waals surface area contributed by atoms with Gasteiger partial charge in [-0.3, -0.25) is 4.79 Å². The SMILES string of the molecule is C#CCN(Cc1ccco1)C(=O)[C@@H](C)Oc1cccc(Cl)c1. The van der Waals surface area contributed by atoms with Crippen LogP contribution in [0.3, 0.4) is 0 Å². The number of carbonyl (C=O) groups excluding carboxylic acids is 1. The third-order valence-corrected chi connectivity index (χ3v) is 3.21. The van der Waals surface area contributed by atoms with Crippen LogP contribution in [0.25, 0.3) is 0 Å². The summed E-state index contributed by atoms with van der Waals surface area (Å²) in [5.41, 5.74) is 0. The predicted molar refractivity (Wildman–Crippen MR) is 84.5 cm³/mol. The highest BCUT2D eigenvalue weighted by Crippen LogP contribution is 2.19. The number of terminal acetylenes is 1. The molecule has 0 bridgehead atoms. The Kier molecular flexibility index (Phi) is 5.51. The molecule has 1 aromatic heterocycles. The summed E-state index contributed by atoms with van der Waals surface area (Å²) in [7, 11) is 0. The lowest BCUT2D eigenvalue weighted by Crippen LogP contribution is -2.40. The van der Waals surface area contributed by atoms with Crippen LogP contribution < -0.4 is 4.74 Å². The number of benzene rings is 1. The fourth-order valence-electron chi connectivity index (χ4n) is 1.96. The maximum Gasteiger partial charge on any atom is 0.264 e. The van der Waals surface area contributed by atoms with Gasteiger partial charge in [0.25, 0.3) is 5.91 Å². The molecule has 0 spiro atoms. The molecule has 0 N–H and O–H groups in total. The number of furan rings is 1. The first-order valence-electron chi connectivity index (χ1n) is 6.77. The average molecular weight is 318 g/mol. The maximum atomic E-state index is 12.5. The van der Waals surface area contributed by atoms with Crippen molar-refractivity contribution in [2.75, 3.05) is 6.54 Å². The third kappa shape index (κ3) is 4.31. The van der Waals surface area contributed by atoms with Crippen LogP contribution >= 0.6 is 11.6 Å². The Hall–Kier alpha value is -2.38. The van der Waals surface area contributed by atoms with Gasteiger partial charge in [0, 0.05) is 5.02 Å². The Morgan fingerprint density at radius 1 is 1.45 bits per heavy atom. The van der Waals surface area contributed by atoms with Crippen LogP contribution in [0.15, 0.2) is 47.1 Å². The first kappa shape index (κ1) is 16.0. The lowest BCUT2D eigenvalue weighted by molar-refractivity contribution is -0.138. The monoisotopic (exact) mass is 317 g/mol. The number of halogens is 1. The quantitative estimate of drug-likeness (QED) is 0.767. The second-order valence-corrected chi connectivity index (χ2v) is 5.13. The number of hydrogen-bond donors (Lipinski definition) is 0. The summed E-state index contributed by atoms with van der Waals surface area (Å²) >= 11 is 5.90. The van der Waals surface area contributed by atoms with E-state index < -0.39 is 6.10 Å². The molecule has 0 aliphatic heterocycles. The van der Waals surface area contributed by atoms with E-state index in [4.69, 9.17) is 27.2 Å². The van der Waals surface area contributed by atoms with Gasteiger partial charge in [-0.25, -0.2) is 0 Å². The normalized spacial score (nSPS) is 11.5. The third-order valence-electron chi connectivity index (χ3n) is 2.98. The van der Waals surface area contributed by atoms with Crippen LogP contribution in [-0.4, -0.2) is 23.5 Å². The molecule has 0 saturated heterocycles. The van der Waals surface area contributed by atoms with Crippen LogP contribution in [0.2, 0.25) is 5.02 Å². The second kappa shape index (κ2) is 7.58. The van der Waals surface area contributed by atoms with E-state index in [1.54, 1.807) is 49.6 Å². The molecule has 1 amide bonds. The lowest BCUT2D eigenvalue weighted by atomic mass is 10.3. The van der Waals surface area contributed by atoms with E-state index in [1.807, 2.05) is 0 Å². The smallest absolute Gasteiger partial charge is 0.264 e. The highest BCUT2D eigenvalue weighted by Gasteiger charge is 2.22. The van der Waals surface area contributed by atoms with E-state index in [1.165, 1.54) is 4.90 Å². The first-order chi connectivity index (χ1) is 10.6. The van der Waals surface area contributed by atoms with Crippen molar-refractivity contribution in [2.24, 2.45) is 0 Å². The molecule has 22 heavy (non-hydrogen) atoms. The molecule has 1 atom stereocenters. The molecule has 0 radical (unpaired) electrons. The van der Waals surface area contributed by atoms with Gasteiger partial charge in [0.05, 0.1) is 19.4 Å². The lowest BCUT2D eigenvalue weighted by Gasteiger charge is -2.23. The molecule has 5 heteroatoms. The topological polar surface area (TPSA) is 42.7 Å². The zero-order valence-corrected chi connectivity index (χ0v) is 12.9. The molecule has 114 valence electrons. The zero-order chi connectivity index (χ0) is 15.9. The maximum absolute atomic E-state index is 12.5. The van der Waals surface area contributed by atoms with Gasteiger partial charge in [-0.15, -0.1) is 6.42 Å². The highest BCUT2D eigenvalue weighted by molar-refractivity contribution is 6.30. The van der Waals surface area contributed by atoms with Crippen molar-refractivity contribution in [2.45, 2.75) is 19.6 Å². The Bertz CT molecular complexity index is 661. The highest BCUT2D eigenvalue weighted by atomic mass is 35.5. The van der Waals surface area contributed by atoms with Crippen molar-refractivity contribution in [3.05, 3.63) is 53.4 Å². The van der Waals surface area contributed by atoms with Crippen LogP contribution in [0.5, 0.6) is 5.75 Å². The van der Waals surface area contributed by atoms with Crippen LogP contribution in [0.4, 0.5) is 0 Å². The van der Waals surface area contributed by atoms with Crippen molar-refractivity contribution in [1.29, 1.82) is 0 Å². The summed E-state index contributed by atoms with van der Waals surface area (Å²) in [5.74, 6) is 3.46. The molecule has 1 aromatic carbocycles. The molecule has 0 unspecified atom stereocenters.